The maximum Gasteiger partial charge on any atom is 0.0888 e. The maximum atomic E-state index is 3.89. The normalized spacial score (nSPS) is 12.6. The zero-order chi connectivity index (χ0) is 23.7. The molecule has 0 aliphatic carbocycles. The molecule has 172 valence electrons. The van der Waals surface area contributed by atoms with Crippen LogP contribution in [-0.2, 0) is 0 Å². The van der Waals surface area contributed by atoms with Crippen LogP contribution in [0, 0.1) is 0 Å². The minimum Gasteiger partial charge on any atom is -0.127 e. The lowest BCUT2D eigenvalue weighted by Crippen LogP contribution is -1.83. The predicted molar refractivity (Wildman–Crippen MR) is 207 cm³/mol. The lowest BCUT2D eigenvalue weighted by atomic mass is 9.95. The fourth-order valence-electron chi connectivity index (χ4n) is 4.34. The summed E-state index contributed by atoms with van der Waals surface area (Å²) in [6.07, 6.45) is 0. The summed E-state index contributed by atoms with van der Waals surface area (Å²) < 4.78 is 7.69. The van der Waals surface area contributed by atoms with Crippen molar-refractivity contribution in [3.63, 3.8) is 0 Å². The van der Waals surface area contributed by atoms with Crippen molar-refractivity contribution < 1.29 is 0 Å². The van der Waals surface area contributed by atoms with Crippen LogP contribution >= 0.6 is 170 Å². The van der Waals surface area contributed by atoms with E-state index in [1.165, 1.54) is 69.9 Å². The summed E-state index contributed by atoms with van der Waals surface area (Å²) in [5, 5.41) is 10.7. The van der Waals surface area contributed by atoms with E-state index in [1.54, 1.807) is 0 Å². The minimum absolute atomic E-state index is 0.0891. The van der Waals surface area contributed by atoms with Gasteiger partial charge in [-0.05, 0) is 177 Å². The van der Waals surface area contributed by atoms with Gasteiger partial charge >= 0.3 is 0 Å². The van der Waals surface area contributed by atoms with E-state index in [9.17, 15) is 0 Å². The molecule has 6 rings (SSSR count). The Morgan fingerprint density at radius 2 is 0.882 bits per heavy atom. The van der Waals surface area contributed by atoms with Crippen molar-refractivity contribution in [3.8, 4) is 0 Å². The van der Waals surface area contributed by atoms with Gasteiger partial charge in [0.05, 0.1) is 22.6 Å². The summed E-state index contributed by atoms with van der Waals surface area (Å²) in [4.78, 5) is 0. The molecule has 6 aromatic rings. The summed E-state index contributed by atoms with van der Waals surface area (Å²) in [6.45, 7) is 0. The van der Waals surface area contributed by atoms with Crippen LogP contribution in [0.5, 0.6) is 0 Å². The summed E-state index contributed by atoms with van der Waals surface area (Å²) in [5.41, 5.74) is 0. The van der Waals surface area contributed by atoms with Crippen molar-refractivity contribution in [3.05, 3.63) is 57.5 Å². The zero-order valence-corrected chi connectivity index (χ0v) is 33.3. The Morgan fingerprint density at radius 3 is 1.24 bits per heavy atom. The first kappa shape index (κ1) is 27.2. The monoisotopic (exact) mass is 1130 g/mol. The fourth-order valence-corrected chi connectivity index (χ4v) is 24.3. The number of benzene rings is 4. The minimum atomic E-state index is -0.0891. The third-order valence-corrected chi connectivity index (χ3v) is 21.0. The molecule has 0 aliphatic heterocycles. The average molecular weight is 1130 g/mol. The van der Waals surface area contributed by atoms with Crippen LogP contribution in [0.4, 0.5) is 0 Å². The van der Waals surface area contributed by atoms with Crippen molar-refractivity contribution in [2.75, 3.05) is 0 Å². The molecular weight excluding hydrogens is 1120 g/mol. The molecule has 4 aromatic carbocycles. The van der Waals surface area contributed by atoms with E-state index in [2.05, 4.69) is 169 Å². The molecule has 0 unspecified atom stereocenters. The molecule has 0 fully saturated rings. The average Bonchev–Trinajstić information content (AvgIpc) is 3.38. The van der Waals surface area contributed by atoms with Gasteiger partial charge in [0.15, 0.2) is 0 Å². The first-order valence-corrected chi connectivity index (χ1v) is 29.4. The van der Waals surface area contributed by atoms with Crippen LogP contribution in [0.2, 0.25) is 0 Å². The zero-order valence-electron chi connectivity index (χ0n) is 16.4. The van der Waals surface area contributed by atoms with Crippen molar-refractivity contribution in [2.45, 2.75) is 8.42 Å². The van der Waals surface area contributed by atoms with E-state index in [0.29, 0.717) is 0 Å². The largest absolute Gasteiger partial charge is 0.127 e. The van der Waals surface area contributed by atoms with Crippen LogP contribution in [0.15, 0.2) is 65.9 Å². The molecule has 0 amide bonds. The Labute approximate surface area is 283 Å². The Morgan fingerprint density at radius 1 is 0.529 bits per heavy atom. The summed E-state index contributed by atoms with van der Waals surface area (Å²) in [5.74, 6) is 0. The molecule has 0 N–H and O–H groups in total. The van der Waals surface area contributed by atoms with E-state index in [-0.39, 0.29) is 4.82 Å². The van der Waals surface area contributed by atoms with Crippen molar-refractivity contribution >= 4 is 223 Å². The Kier molecular flexibility index (Phi) is 8.90. The Hall–Kier alpha value is 3.02. The molecule has 12 heteroatoms. The number of thiophene rings is 2. The highest BCUT2D eigenvalue weighted by atomic mass is 127. The highest BCUT2D eigenvalue weighted by Gasteiger charge is 2.17. The third kappa shape index (κ3) is 5.11. The SMILES string of the molecule is Brc1cc2c(ccc3c4cc(Br)c5sc(SP(I)I)cc5c4ccc23)c2cc(SP(I)I)sc12. The highest BCUT2D eigenvalue weighted by molar-refractivity contribution is 14.3. The van der Waals surface area contributed by atoms with E-state index in [4.69, 9.17) is 0 Å². The molecule has 0 spiro atoms. The molecule has 0 bridgehead atoms. The van der Waals surface area contributed by atoms with Crippen LogP contribution in [0.25, 0.3) is 52.5 Å². The van der Waals surface area contributed by atoms with E-state index < -0.39 is 0 Å². The van der Waals surface area contributed by atoms with Crippen molar-refractivity contribution in [1.29, 1.82) is 0 Å². The lowest BCUT2D eigenvalue weighted by molar-refractivity contribution is 1.78. The predicted octanol–water partition coefficient (Wildman–Crippen LogP) is 15.5. The third-order valence-electron chi connectivity index (χ3n) is 5.58. The summed E-state index contributed by atoms with van der Waals surface area (Å²) in [6, 6.07) is 18.7. The van der Waals surface area contributed by atoms with E-state index in [1.807, 2.05) is 45.4 Å². The van der Waals surface area contributed by atoms with Gasteiger partial charge in [-0.15, -0.1) is 22.7 Å². The van der Waals surface area contributed by atoms with Crippen molar-refractivity contribution in [1.82, 2.24) is 0 Å². The van der Waals surface area contributed by atoms with Gasteiger partial charge in [-0.2, -0.15) is 0 Å². The number of hydrogen-bond donors (Lipinski definition) is 0. The van der Waals surface area contributed by atoms with Crippen LogP contribution in [0.1, 0.15) is 0 Å². The number of halogens is 6. The van der Waals surface area contributed by atoms with Gasteiger partial charge in [0, 0.05) is 19.7 Å². The Bertz CT molecular complexity index is 1640. The molecule has 0 aliphatic rings. The fraction of sp³-hybridized carbons (Fsp3) is 0. The smallest absolute Gasteiger partial charge is 0.0888 e. The van der Waals surface area contributed by atoms with Gasteiger partial charge in [0.1, 0.15) is 0 Å². The maximum absolute atomic E-state index is 3.89. The van der Waals surface area contributed by atoms with Gasteiger partial charge < -0.3 is 0 Å². The molecule has 0 nitrogen and oxygen atoms in total. The first-order chi connectivity index (χ1) is 16.3. The number of fused-ring (bicyclic) bond motifs is 9. The second kappa shape index (κ2) is 11.1. The second-order valence-electron chi connectivity index (χ2n) is 7.34. The number of rotatable bonds is 4. The van der Waals surface area contributed by atoms with Crippen LogP contribution in [-0.4, -0.2) is 0 Å². The number of hydrogen-bond acceptors (Lipinski definition) is 4. The summed E-state index contributed by atoms with van der Waals surface area (Å²) >= 11 is 25.7. The molecule has 0 saturated carbocycles. The topological polar surface area (TPSA) is 0 Å². The van der Waals surface area contributed by atoms with Crippen molar-refractivity contribution in [2.24, 2.45) is 0 Å². The molecule has 0 radical (unpaired) electrons. The quantitative estimate of drug-likeness (QED) is 0.0980. The highest BCUT2D eigenvalue weighted by Crippen LogP contribution is 2.69. The van der Waals surface area contributed by atoms with Gasteiger partial charge in [-0.25, -0.2) is 0 Å². The van der Waals surface area contributed by atoms with Crippen LogP contribution < -0.4 is 0 Å². The van der Waals surface area contributed by atoms with E-state index >= 15 is 0 Å². The Balaban J connectivity index is 1.64. The molecule has 2 heterocycles. The summed E-state index contributed by atoms with van der Waals surface area (Å²) in [7, 11) is 0. The second-order valence-corrected chi connectivity index (χ2v) is 47.5. The molecule has 0 saturated heterocycles. The molecule has 34 heavy (non-hydrogen) atoms. The van der Waals surface area contributed by atoms with E-state index in [0.717, 1.165) is 0 Å². The molecular formula is C22H8Br2I4P2S4. The van der Waals surface area contributed by atoms with Crippen LogP contribution in [0.3, 0.4) is 0 Å². The molecule has 0 atom stereocenters. The van der Waals surface area contributed by atoms with Gasteiger partial charge in [0.25, 0.3) is 0 Å². The van der Waals surface area contributed by atoms with Gasteiger partial charge in [-0.1, -0.05) is 47.0 Å². The standard InChI is InChI=1S/C22H8Br2I4P2S4/c23-17-5-13-9-1-3-11-14(6-18(24)21-15(11)7-19(31-21)33-29(25)26)10(9)2-4-12(13)16-8-20(32-22(16)17)34-30(27)28/h1-8H. The first-order valence-electron chi connectivity index (χ1n) is 9.52. The lowest BCUT2D eigenvalue weighted by Gasteiger charge is -2.11. The molecule has 2 aromatic heterocycles. The van der Waals surface area contributed by atoms with Gasteiger partial charge in [0.2, 0.25) is 0 Å². The van der Waals surface area contributed by atoms with Gasteiger partial charge in [-0.3, -0.25) is 0 Å².